The lowest BCUT2D eigenvalue weighted by Crippen LogP contribution is -2.28. The lowest BCUT2D eigenvalue weighted by Gasteiger charge is -2.26. The number of methoxy groups -OCH3 is 2. The van der Waals surface area contributed by atoms with Crippen LogP contribution in [-0.2, 0) is 14.3 Å². The van der Waals surface area contributed by atoms with Gasteiger partial charge >= 0.3 is 5.97 Å². The Balaban J connectivity index is 2.14. The molecule has 5 nitrogen and oxygen atoms in total. The molecule has 0 unspecified atom stereocenters. The maximum Gasteiger partial charge on any atom is 0.340 e. The number of carbonyl (C=O) groups excluding carboxylic acids is 2. The van der Waals surface area contributed by atoms with Gasteiger partial charge in [-0.3, -0.25) is 4.79 Å². The van der Waals surface area contributed by atoms with E-state index in [2.05, 4.69) is 15.9 Å². The van der Waals surface area contributed by atoms with Crippen LogP contribution < -0.4 is 4.74 Å². The van der Waals surface area contributed by atoms with Crippen molar-refractivity contribution in [3.63, 3.8) is 0 Å². The van der Waals surface area contributed by atoms with Crippen LogP contribution in [0.4, 0.5) is 0 Å². The zero-order chi connectivity index (χ0) is 21.1. The number of amides is 1. The molecule has 1 heterocycles. The molecular weight excluding hydrogens is 434 g/mol. The van der Waals surface area contributed by atoms with Crippen LogP contribution in [0.1, 0.15) is 31.0 Å². The van der Waals surface area contributed by atoms with Gasteiger partial charge in [-0.05, 0) is 43.7 Å². The van der Waals surface area contributed by atoms with Crippen molar-refractivity contribution in [2.24, 2.45) is 0 Å². The Morgan fingerprint density at radius 1 is 1.14 bits per heavy atom. The van der Waals surface area contributed by atoms with Gasteiger partial charge in [0.05, 0.1) is 31.4 Å². The van der Waals surface area contributed by atoms with E-state index in [0.29, 0.717) is 17.0 Å². The number of allylic oxidation sites excluding steroid dienone is 1. The summed E-state index contributed by atoms with van der Waals surface area (Å²) in [6.45, 7) is 3.71. The van der Waals surface area contributed by atoms with Crippen LogP contribution in [0.3, 0.4) is 0 Å². The molecule has 1 aliphatic rings. The molecular formula is C23H22BrNO4. The van der Waals surface area contributed by atoms with E-state index in [-0.39, 0.29) is 23.1 Å². The van der Waals surface area contributed by atoms with Crippen molar-refractivity contribution in [1.82, 2.24) is 4.90 Å². The van der Waals surface area contributed by atoms with Gasteiger partial charge in [-0.25, -0.2) is 4.79 Å². The van der Waals surface area contributed by atoms with Gasteiger partial charge in [0.2, 0.25) is 0 Å². The van der Waals surface area contributed by atoms with E-state index < -0.39 is 5.97 Å². The second kappa shape index (κ2) is 8.66. The summed E-state index contributed by atoms with van der Waals surface area (Å²) in [5, 5.41) is 0. The van der Waals surface area contributed by atoms with Gasteiger partial charge in [-0.1, -0.05) is 46.3 Å². The van der Waals surface area contributed by atoms with E-state index in [9.17, 15) is 9.59 Å². The fourth-order valence-corrected chi connectivity index (χ4v) is 3.90. The molecule has 0 spiro atoms. The Labute approximate surface area is 178 Å². The number of ether oxygens (including phenoxy) is 2. The maximum atomic E-state index is 13.4. The third kappa shape index (κ3) is 3.98. The van der Waals surface area contributed by atoms with Crippen molar-refractivity contribution in [3.8, 4) is 5.75 Å². The number of carbonyl (C=O) groups is 2. The summed E-state index contributed by atoms with van der Waals surface area (Å²) in [5.74, 6) is -0.190. The molecule has 150 valence electrons. The maximum absolute atomic E-state index is 13.4. The fraction of sp³-hybridized carbons (Fsp3) is 0.217. The number of hydrogen-bond acceptors (Lipinski definition) is 4. The zero-order valence-electron chi connectivity index (χ0n) is 16.7. The van der Waals surface area contributed by atoms with Gasteiger partial charge in [0, 0.05) is 15.7 Å². The highest BCUT2D eigenvalue weighted by atomic mass is 79.9. The zero-order valence-corrected chi connectivity index (χ0v) is 18.3. The van der Waals surface area contributed by atoms with E-state index >= 15 is 0 Å². The van der Waals surface area contributed by atoms with Gasteiger partial charge in [0.15, 0.2) is 0 Å². The Bertz CT molecular complexity index is 1010. The van der Waals surface area contributed by atoms with Crippen molar-refractivity contribution >= 4 is 33.9 Å². The number of rotatable bonds is 5. The Morgan fingerprint density at radius 3 is 2.45 bits per heavy atom. The summed E-state index contributed by atoms with van der Waals surface area (Å²) in [7, 11) is 2.88. The quantitative estimate of drug-likeness (QED) is 0.475. The van der Waals surface area contributed by atoms with E-state index in [1.54, 1.807) is 31.1 Å². The molecule has 1 aliphatic heterocycles. The van der Waals surface area contributed by atoms with Crippen LogP contribution in [0, 0.1) is 0 Å². The molecule has 0 aromatic heterocycles. The smallest absolute Gasteiger partial charge is 0.340 e. The minimum absolute atomic E-state index is 0.237. The number of esters is 1. The predicted molar refractivity (Wildman–Crippen MR) is 115 cm³/mol. The molecule has 0 bridgehead atoms. The molecule has 0 N–H and O–H groups in total. The third-order valence-corrected chi connectivity index (χ3v) is 5.49. The van der Waals surface area contributed by atoms with Crippen molar-refractivity contribution in [2.45, 2.75) is 19.9 Å². The molecule has 0 radical (unpaired) electrons. The molecule has 0 aliphatic carbocycles. The van der Waals surface area contributed by atoms with Crippen LogP contribution >= 0.6 is 15.9 Å². The van der Waals surface area contributed by atoms with Crippen molar-refractivity contribution < 1.29 is 19.1 Å². The first-order valence-corrected chi connectivity index (χ1v) is 9.91. The molecule has 1 atom stereocenters. The summed E-state index contributed by atoms with van der Waals surface area (Å²) in [5.41, 5.74) is 2.79. The molecule has 0 saturated carbocycles. The molecule has 2 aromatic carbocycles. The molecule has 3 rings (SSSR count). The molecule has 0 saturated heterocycles. The van der Waals surface area contributed by atoms with Crippen LogP contribution in [0.5, 0.6) is 5.75 Å². The van der Waals surface area contributed by atoms with Crippen LogP contribution in [0.2, 0.25) is 0 Å². The first-order valence-electron chi connectivity index (χ1n) is 9.12. The number of hydrogen-bond donors (Lipinski definition) is 0. The highest BCUT2D eigenvalue weighted by Crippen LogP contribution is 2.38. The van der Waals surface area contributed by atoms with E-state index in [0.717, 1.165) is 10.0 Å². The SMILES string of the molecule is COC(=O)C1=C(C)N([C@@H](C)c2ccccc2)C(=O)/C1=C\c1cc(Br)ccc1OC. The highest BCUT2D eigenvalue weighted by Gasteiger charge is 2.39. The molecule has 6 heteroatoms. The largest absolute Gasteiger partial charge is 0.496 e. The van der Waals surface area contributed by atoms with Crippen molar-refractivity contribution in [2.75, 3.05) is 14.2 Å². The summed E-state index contributed by atoms with van der Waals surface area (Å²) < 4.78 is 11.2. The average Bonchev–Trinajstić information content (AvgIpc) is 2.97. The summed E-state index contributed by atoms with van der Waals surface area (Å²) >= 11 is 3.44. The normalized spacial score (nSPS) is 16.4. The number of halogens is 1. The lowest BCUT2D eigenvalue weighted by atomic mass is 10.0. The van der Waals surface area contributed by atoms with Gasteiger partial charge < -0.3 is 14.4 Å². The standard InChI is InChI=1S/C23H22BrNO4/c1-14(16-8-6-5-7-9-16)25-15(2)21(23(27)29-4)19(22(25)26)13-17-12-18(24)10-11-20(17)28-3/h5-14H,1-4H3/b19-13-/t14-/m0/s1. The molecule has 0 fully saturated rings. The van der Waals surface area contributed by atoms with Crippen LogP contribution in [0.15, 0.2) is 69.8 Å². The second-order valence-electron chi connectivity index (χ2n) is 6.66. The highest BCUT2D eigenvalue weighted by molar-refractivity contribution is 9.10. The monoisotopic (exact) mass is 455 g/mol. The first kappa shape index (κ1) is 20.9. The van der Waals surface area contributed by atoms with Crippen molar-refractivity contribution in [1.29, 1.82) is 0 Å². The number of nitrogens with zero attached hydrogens (tertiary/aromatic N) is 1. The minimum Gasteiger partial charge on any atom is -0.496 e. The second-order valence-corrected chi connectivity index (χ2v) is 7.57. The van der Waals surface area contributed by atoms with Crippen LogP contribution in [0.25, 0.3) is 6.08 Å². The Hall–Kier alpha value is -2.86. The molecule has 2 aromatic rings. The van der Waals surface area contributed by atoms with E-state index in [4.69, 9.17) is 9.47 Å². The number of benzene rings is 2. The first-order chi connectivity index (χ1) is 13.9. The van der Waals surface area contributed by atoms with Gasteiger partial charge in [0.25, 0.3) is 5.91 Å². The summed E-state index contributed by atoms with van der Waals surface area (Å²) in [6.07, 6.45) is 1.68. The van der Waals surface area contributed by atoms with Gasteiger partial charge in [0.1, 0.15) is 5.75 Å². The topological polar surface area (TPSA) is 55.8 Å². The Kier molecular flexibility index (Phi) is 6.23. The lowest BCUT2D eigenvalue weighted by molar-refractivity contribution is -0.136. The van der Waals surface area contributed by atoms with Crippen LogP contribution in [-0.4, -0.2) is 31.0 Å². The minimum atomic E-state index is -0.543. The Morgan fingerprint density at radius 2 is 1.83 bits per heavy atom. The third-order valence-electron chi connectivity index (χ3n) is 4.99. The van der Waals surface area contributed by atoms with E-state index in [1.807, 2.05) is 49.4 Å². The predicted octanol–water partition coefficient (Wildman–Crippen LogP) is 4.89. The summed E-state index contributed by atoms with van der Waals surface area (Å²) in [4.78, 5) is 27.6. The average molecular weight is 456 g/mol. The molecule has 29 heavy (non-hydrogen) atoms. The van der Waals surface area contributed by atoms with E-state index in [1.165, 1.54) is 7.11 Å². The van der Waals surface area contributed by atoms with Crippen molar-refractivity contribution in [3.05, 3.63) is 81.0 Å². The van der Waals surface area contributed by atoms with Gasteiger partial charge in [-0.15, -0.1) is 0 Å². The summed E-state index contributed by atoms with van der Waals surface area (Å²) in [6, 6.07) is 15.0. The van der Waals surface area contributed by atoms with Gasteiger partial charge in [-0.2, -0.15) is 0 Å². The fourth-order valence-electron chi connectivity index (χ4n) is 3.52. The molecule has 1 amide bonds.